The molecule has 0 radical (unpaired) electrons. The number of primary amides is 1. The van der Waals surface area contributed by atoms with Crippen LogP contribution in [0.2, 0.25) is 0 Å². The second kappa shape index (κ2) is 7.85. The highest BCUT2D eigenvalue weighted by Crippen LogP contribution is 2.08. The van der Waals surface area contributed by atoms with Crippen molar-refractivity contribution in [3.05, 3.63) is 0 Å². The molecule has 0 bridgehead atoms. The van der Waals surface area contributed by atoms with Gasteiger partial charge in [0.25, 0.3) is 0 Å². The minimum atomic E-state index is -0.828. The average molecular weight is 301 g/mol. The van der Waals surface area contributed by atoms with E-state index in [1.165, 1.54) is 6.92 Å². The molecule has 7 nitrogen and oxygen atoms in total. The fourth-order valence-electron chi connectivity index (χ4n) is 1.56. The first-order chi connectivity index (χ1) is 9.47. The van der Waals surface area contributed by atoms with E-state index in [9.17, 15) is 14.4 Å². The molecule has 0 aromatic rings. The van der Waals surface area contributed by atoms with E-state index in [1.54, 1.807) is 20.8 Å². The highest BCUT2D eigenvalue weighted by Gasteiger charge is 2.27. The van der Waals surface area contributed by atoms with E-state index in [2.05, 4.69) is 10.6 Å². The molecule has 0 aromatic carbocycles. The van der Waals surface area contributed by atoms with Crippen molar-refractivity contribution in [2.24, 2.45) is 11.7 Å². The zero-order valence-corrected chi connectivity index (χ0v) is 13.6. The number of nitrogens with one attached hydrogen (secondary N) is 2. The van der Waals surface area contributed by atoms with Crippen molar-refractivity contribution in [2.45, 2.75) is 65.6 Å². The Hall–Kier alpha value is -1.79. The Bertz CT molecular complexity index is 390. The highest BCUT2D eigenvalue weighted by atomic mass is 16.6. The standard InChI is InChI=1S/C14H27N3O4/c1-7-8(2)10(11(15)18)17-12(19)9(3)16-13(20)21-14(4,5)6/h8-10H,7H2,1-6H3,(H2,15,18)(H,16,20)(H,17,19)/t8-,9-,10-/m0/s1. The van der Waals surface area contributed by atoms with Crippen LogP contribution in [-0.2, 0) is 14.3 Å². The molecule has 0 fully saturated rings. The smallest absolute Gasteiger partial charge is 0.408 e. The lowest BCUT2D eigenvalue weighted by atomic mass is 9.98. The van der Waals surface area contributed by atoms with E-state index in [1.807, 2.05) is 13.8 Å². The third-order valence-corrected chi connectivity index (χ3v) is 2.94. The number of hydrogen-bond donors (Lipinski definition) is 3. The van der Waals surface area contributed by atoms with Crippen molar-refractivity contribution in [3.63, 3.8) is 0 Å². The van der Waals surface area contributed by atoms with Gasteiger partial charge < -0.3 is 21.1 Å². The molecule has 122 valence electrons. The summed E-state index contributed by atoms with van der Waals surface area (Å²) in [6.07, 6.45) is 0.00574. The van der Waals surface area contributed by atoms with Crippen LogP contribution in [0.15, 0.2) is 0 Å². The molecular weight excluding hydrogens is 274 g/mol. The minimum Gasteiger partial charge on any atom is -0.444 e. The maximum Gasteiger partial charge on any atom is 0.408 e. The Labute approximate surface area is 126 Å². The largest absolute Gasteiger partial charge is 0.444 e. The molecule has 0 aliphatic rings. The number of hydrogen-bond acceptors (Lipinski definition) is 4. The predicted octanol–water partition coefficient (Wildman–Crippen LogP) is 0.916. The summed E-state index contributed by atoms with van der Waals surface area (Å²) in [5.74, 6) is -1.16. The number of alkyl carbamates (subject to hydrolysis) is 1. The molecule has 0 saturated heterocycles. The molecule has 0 aliphatic heterocycles. The summed E-state index contributed by atoms with van der Waals surface area (Å²) in [6.45, 7) is 10.4. The molecule has 0 spiro atoms. The van der Waals surface area contributed by atoms with Crippen molar-refractivity contribution in [3.8, 4) is 0 Å². The van der Waals surface area contributed by atoms with Crippen LogP contribution in [0, 0.1) is 5.92 Å². The molecule has 0 aliphatic carbocycles. The quantitative estimate of drug-likeness (QED) is 0.677. The third-order valence-electron chi connectivity index (χ3n) is 2.94. The molecule has 3 amide bonds. The van der Waals surface area contributed by atoms with Crippen LogP contribution in [0.3, 0.4) is 0 Å². The van der Waals surface area contributed by atoms with Crippen molar-refractivity contribution in [1.29, 1.82) is 0 Å². The third kappa shape index (κ3) is 7.53. The van der Waals surface area contributed by atoms with Crippen LogP contribution in [0.4, 0.5) is 4.79 Å². The van der Waals surface area contributed by atoms with Crippen LogP contribution in [0.5, 0.6) is 0 Å². The Balaban J connectivity index is 4.57. The van der Waals surface area contributed by atoms with Crippen molar-refractivity contribution in [1.82, 2.24) is 10.6 Å². The van der Waals surface area contributed by atoms with E-state index >= 15 is 0 Å². The van der Waals surface area contributed by atoms with E-state index in [0.717, 1.165) is 0 Å². The lowest BCUT2D eigenvalue weighted by Crippen LogP contribution is -2.54. The van der Waals surface area contributed by atoms with E-state index < -0.39 is 35.6 Å². The molecular formula is C14H27N3O4. The second-order valence-corrected chi connectivity index (χ2v) is 6.14. The number of amides is 3. The van der Waals surface area contributed by atoms with Crippen molar-refractivity contribution in [2.75, 3.05) is 0 Å². The fourth-order valence-corrected chi connectivity index (χ4v) is 1.56. The molecule has 0 rings (SSSR count). The predicted molar refractivity (Wildman–Crippen MR) is 79.4 cm³/mol. The maximum absolute atomic E-state index is 12.0. The summed E-state index contributed by atoms with van der Waals surface area (Å²) in [4.78, 5) is 34.9. The van der Waals surface area contributed by atoms with Crippen LogP contribution in [0.25, 0.3) is 0 Å². The number of carbonyl (C=O) groups is 3. The Morgan fingerprint density at radius 2 is 1.67 bits per heavy atom. The average Bonchev–Trinajstić information content (AvgIpc) is 2.31. The van der Waals surface area contributed by atoms with Gasteiger partial charge in [-0.2, -0.15) is 0 Å². The lowest BCUT2D eigenvalue weighted by molar-refractivity contribution is -0.129. The van der Waals surface area contributed by atoms with Crippen LogP contribution >= 0.6 is 0 Å². The van der Waals surface area contributed by atoms with Gasteiger partial charge in [-0.25, -0.2) is 4.79 Å². The summed E-state index contributed by atoms with van der Waals surface area (Å²) in [7, 11) is 0. The van der Waals surface area contributed by atoms with Gasteiger partial charge in [0, 0.05) is 0 Å². The van der Waals surface area contributed by atoms with Gasteiger partial charge in [-0.1, -0.05) is 20.3 Å². The molecule has 7 heteroatoms. The molecule has 4 N–H and O–H groups in total. The monoisotopic (exact) mass is 301 g/mol. The number of carbonyl (C=O) groups excluding carboxylic acids is 3. The SMILES string of the molecule is CC[C@H](C)[C@H](NC(=O)[C@H](C)NC(=O)OC(C)(C)C)C(N)=O. The fraction of sp³-hybridized carbons (Fsp3) is 0.786. The zero-order valence-electron chi connectivity index (χ0n) is 13.6. The highest BCUT2D eigenvalue weighted by molar-refractivity contribution is 5.90. The lowest BCUT2D eigenvalue weighted by Gasteiger charge is -2.24. The maximum atomic E-state index is 12.0. The van der Waals surface area contributed by atoms with Crippen molar-refractivity contribution >= 4 is 17.9 Å². The van der Waals surface area contributed by atoms with Gasteiger partial charge in [0.05, 0.1) is 0 Å². The molecule has 0 aromatic heterocycles. The van der Waals surface area contributed by atoms with Gasteiger partial charge in [-0.15, -0.1) is 0 Å². The number of nitrogens with two attached hydrogens (primary N) is 1. The normalized spacial score (nSPS) is 15.5. The van der Waals surface area contributed by atoms with Crippen LogP contribution < -0.4 is 16.4 Å². The Morgan fingerprint density at radius 3 is 2.05 bits per heavy atom. The number of rotatable bonds is 6. The van der Waals surface area contributed by atoms with Crippen molar-refractivity contribution < 1.29 is 19.1 Å². The van der Waals surface area contributed by atoms with E-state index in [4.69, 9.17) is 10.5 Å². The minimum absolute atomic E-state index is 0.0832. The summed E-state index contributed by atoms with van der Waals surface area (Å²) in [5.41, 5.74) is 4.63. The molecule has 0 unspecified atom stereocenters. The Morgan fingerprint density at radius 1 is 1.14 bits per heavy atom. The second-order valence-electron chi connectivity index (χ2n) is 6.14. The first-order valence-electron chi connectivity index (χ1n) is 7.07. The molecule has 0 heterocycles. The molecule has 21 heavy (non-hydrogen) atoms. The summed E-state index contributed by atoms with van der Waals surface area (Å²) < 4.78 is 5.06. The van der Waals surface area contributed by atoms with Gasteiger partial charge in [0.2, 0.25) is 11.8 Å². The Kier molecular flexibility index (Phi) is 7.18. The van der Waals surface area contributed by atoms with Gasteiger partial charge in [0.1, 0.15) is 17.7 Å². The van der Waals surface area contributed by atoms with Gasteiger partial charge in [0.15, 0.2) is 0 Å². The van der Waals surface area contributed by atoms with Gasteiger partial charge in [-0.3, -0.25) is 9.59 Å². The summed E-state index contributed by atoms with van der Waals surface area (Å²) in [5, 5.41) is 4.96. The van der Waals surface area contributed by atoms with Crippen LogP contribution in [-0.4, -0.2) is 35.6 Å². The number of ether oxygens (including phenoxy) is 1. The van der Waals surface area contributed by atoms with E-state index in [0.29, 0.717) is 6.42 Å². The zero-order chi connectivity index (χ0) is 16.8. The van der Waals surface area contributed by atoms with Gasteiger partial charge in [-0.05, 0) is 33.6 Å². The molecule has 3 atom stereocenters. The van der Waals surface area contributed by atoms with E-state index in [-0.39, 0.29) is 5.92 Å². The summed E-state index contributed by atoms with van der Waals surface area (Å²) in [6, 6.07) is -1.59. The topological polar surface area (TPSA) is 111 Å². The van der Waals surface area contributed by atoms with Crippen LogP contribution in [0.1, 0.15) is 48.0 Å². The molecule has 0 saturated carbocycles. The first-order valence-corrected chi connectivity index (χ1v) is 7.07. The van der Waals surface area contributed by atoms with Gasteiger partial charge >= 0.3 is 6.09 Å². The summed E-state index contributed by atoms with van der Waals surface area (Å²) >= 11 is 0. The first kappa shape index (κ1) is 19.2.